The highest BCUT2D eigenvalue weighted by Crippen LogP contribution is 2.29. The van der Waals surface area contributed by atoms with E-state index in [0.717, 1.165) is 24.8 Å². The standard InChI is InChI=1S/C18H29NO/c1-4-12-19-17(16-10-5-6-11-16)13-20-18-14(2)8-7-9-15(18)3/h7-9,16-17,19H,4-6,10-13H2,1-3H3. The van der Waals surface area contributed by atoms with E-state index in [9.17, 15) is 0 Å². The van der Waals surface area contributed by atoms with E-state index in [-0.39, 0.29) is 0 Å². The number of aryl methyl sites for hydroxylation is 2. The molecule has 1 aromatic rings. The van der Waals surface area contributed by atoms with Crippen LogP contribution < -0.4 is 10.1 Å². The maximum atomic E-state index is 6.18. The first-order chi connectivity index (χ1) is 9.72. The minimum absolute atomic E-state index is 0.511. The van der Waals surface area contributed by atoms with E-state index in [1.54, 1.807) is 0 Å². The topological polar surface area (TPSA) is 21.3 Å². The number of rotatable bonds is 7. The lowest BCUT2D eigenvalue weighted by atomic mass is 9.98. The Kier molecular flexibility index (Phi) is 5.90. The third kappa shape index (κ3) is 3.99. The van der Waals surface area contributed by atoms with Crippen molar-refractivity contribution in [2.24, 2.45) is 5.92 Å². The summed E-state index contributed by atoms with van der Waals surface area (Å²) in [6.45, 7) is 8.39. The maximum absolute atomic E-state index is 6.18. The lowest BCUT2D eigenvalue weighted by Crippen LogP contribution is -2.40. The Morgan fingerprint density at radius 2 is 1.85 bits per heavy atom. The SMILES string of the molecule is CCCNC(COc1c(C)cccc1C)C1CCCC1. The van der Waals surface area contributed by atoms with Gasteiger partial charge >= 0.3 is 0 Å². The van der Waals surface area contributed by atoms with Crippen LogP contribution in [0.5, 0.6) is 5.75 Å². The van der Waals surface area contributed by atoms with Gasteiger partial charge in [0.1, 0.15) is 12.4 Å². The Hall–Kier alpha value is -1.02. The maximum Gasteiger partial charge on any atom is 0.125 e. The molecule has 1 saturated carbocycles. The summed E-state index contributed by atoms with van der Waals surface area (Å²) in [5, 5.41) is 3.70. The third-order valence-corrected chi connectivity index (χ3v) is 4.44. The van der Waals surface area contributed by atoms with Gasteiger partial charge in [0.25, 0.3) is 0 Å². The van der Waals surface area contributed by atoms with Crippen molar-refractivity contribution in [2.75, 3.05) is 13.2 Å². The molecule has 2 heteroatoms. The first kappa shape index (κ1) is 15.4. The molecule has 1 fully saturated rings. The van der Waals surface area contributed by atoms with E-state index < -0.39 is 0 Å². The van der Waals surface area contributed by atoms with Gasteiger partial charge in [0, 0.05) is 6.04 Å². The second-order valence-corrected chi connectivity index (χ2v) is 6.14. The van der Waals surface area contributed by atoms with Crippen molar-refractivity contribution in [3.63, 3.8) is 0 Å². The van der Waals surface area contributed by atoms with Crippen LogP contribution >= 0.6 is 0 Å². The summed E-state index contributed by atoms with van der Waals surface area (Å²) < 4.78 is 6.18. The van der Waals surface area contributed by atoms with Crippen molar-refractivity contribution in [1.29, 1.82) is 0 Å². The fourth-order valence-electron chi connectivity index (χ4n) is 3.25. The molecule has 20 heavy (non-hydrogen) atoms. The predicted octanol–water partition coefficient (Wildman–Crippen LogP) is 4.24. The molecule has 0 heterocycles. The highest BCUT2D eigenvalue weighted by atomic mass is 16.5. The quantitative estimate of drug-likeness (QED) is 0.803. The molecule has 1 atom stereocenters. The van der Waals surface area contributed by atoms with Crippen molar-refractivity contribution < 1.29 is 4.74 Å². The first-order valence-electron chi connectivity index (χ1n) is 8.14. The molecule has 0 bridgehead atoms. The minimum Gasteiger partial charge on any atom is -0.491 e. The van der Waals surface area contributed by atoms with Crippen molar-refractivity contribution in [3.05, 3.63) is 29.3 Å². The van der Waals surface area contributed by atoms with E-state index in [1.807, 2.05) is 0 Å². The summed E-state index contributed by atoms with van der Waals surface area (Å²) in [6, 6.07) is 6.87. The summed E-state index contributed by atoms with van der Waals surface area (Å²) in [7, 11) is 0. The minimum atomic E-state index is 0.511. The molecule has 0 saturated heterocycles. The summed E-state index contributed by atoms with van der Waals surface area (Å²) in [4.78, 5) is 0. The normalized spacial score (nSPS) is 17.4. The summed E-state index contributed by atoms with van der Waals surface area (Å²) >= 11 is 0. The van der Waals surface area contributed by atoms with Gasteiger partial charge in [0.05, 0.1) is 0 Å². The lowest BCUT2D eigenvalue weighted by molar-refractivity contribution is 0.215. The Morgan fingerprint density at radius 3 is 2.45 bits per heavy atom. The molecule has 0 radical (unpaired) electrons. The molecule has 0 amide bonds. The summed E-state index contributed by atoms with van der Waals surface area (Å²) in [5.74, 6) is 1.87. The molecule has 2 nitrogen and oxygen atoms in total. The molecule has 1 N–H and O–H groups in total. The van der Waals surface area contributed by atoms with Crippen molar-refractivity contribution >= 4 is 0 Å². The van der Waals surface area contributed by atoms with Crippen LogP contribution in [0.2, 0.25) is 0 Å². The van der Waals surface area contributed by atoms with E-state index in [0.29, 0.717) is 6.04 Å². The van der Waals surface area contributed by atoms with Crippen LogP contribution in [-0.2, 0) is 0 Å². The van der Waals surface area contributed by atoms with Gasteiger partial charge in [0.2, 0.25) is 0 Å². The zero-order valence-corrected chi connectivity index (χ0v) is 13.2. The highest BCUT2D eigenvalue weighted by molar-refractivity contribution is 5.39. The zero-order chi connectivity index (χ0) is 14.4. The molecule has 0 aliphatic heterocycles. The Balaban J connectivity index is 1.96. The summed E-state index contributed by atoms with van der Waals surface area (Å²) in [5.41, 5.74) is 2.48. The van der Waals surface area contributed by atoms with Gasteiger partial charge in [-0.25, -0.2) is 0 Å². The molecule has 1 aliphatic carbocycles. The average molecular weight is 275 g/mol. The number of para-hydroxylation sites is 1. The van der Waals surface area contributed by atoms with Gasteiger partial charge in [0.15, 0.2) is 0 Å². The molecule has 1 aromatic carbocycles. The molecule has 1 unspecified atom stereocenters. The molecule has 112 valence electrons. The molecule has 1 aliphatic rings. The lowest BCUT2D eigenvalue weighted by Gasteiger charge is -2.25. The molecular formula is C18H29NO. The molecule has 2 rings (SSSR count). The second kappa shape index (κ2) is 7.68. The van der Waals surface area contributed by atoms with Gasteiger partial charge in [-0.15, -0.1) is 0 Å². The zero-order valence-electron chi connectivity index (χ0n) is 13.2. The van der Waals surface area contributed by atoms with E-state index in [4.69, 9.17) is 4.74 Å². The molecular weight excluding hydrogens is 246 g/mol. The number of ether oxygens (including phenoxy) is 1. The van der Waals surface area contributed by atoms with Crippen LogP contribution in [0.1, 0.15) is 50.2 Å². The smallest absolute Gasteiger partial charge is 0.125 e. The predicted molar refractivity (Wildman–Crippen MR) is 85.5 cm³/mol. The van der Waals surface area contributed by atoms with Crippen LogP contribution in [0.4, 0.5) is 0 Å². The van der Waals surface area contributed by atoms with Crippen LogP contribution in [0.3, 0.4) is 0 Å². The van der Waals surface area contributed by atoms with Gasteiger partial charge in [-0.2, -0.15) is 0 Å². The van der Waals surface area contributed by atoms with Gasteiger partial charge < -0.3 is 10.1 Å². The first-order valence-corrected chi connectivity index (χ1v) is 8.14. The van der Waals surface area contributed by atoms with Crippen LogP contribution in [0.15, 0.2) is 18.2 Å². The Bertz CT molecular complexity index is 390. The fourth-order valence-corrected chi connectivity index (χ4v) is 3.25. The van der Waals surface area contributed by atoms with Gasteiger partial charge in [-0.3, -0.25) is 0 Å². The summed E-state index contributed by atoms with van der Waals surface area (Å²) in [6.07, 6.45) is 6.68. The Morgan fingerprint density at radius 1 is 1.20 bits per heavy atom. The highest BCUT2D eigenvalue weighted by Gasteiger charge is 2.25. The van der Waals surface area contributed by atoms with Gasteiger partial charge in [-0.05, 0) is 56.7 Å². The van der Waals surface area contributed by atoms with Crippen LogP contribution in [0.25, 0.3) is 0 Å². The van der Waals surface area contributed by atoms with E-state index in [2.05, 4.69) is 44.3 Å². The van der Waals surface area contributed by atoms with Crippen LogP contribution in [-0.4, -0.2) is 19.2 Å². The number of hydrogen-bond donors (Lipinski definition) is 1. The van der Waals surface area contributed by atoms with Crippen molar-refractivity contribution in [1.82, 2.24) is 5.32 Å². The van der Waals surface area contributed by atoms with Crippen molar-refractivity contribution in [2.45, 2.75) is 58.9 Å². The third-order valence-electron chi connectivity index (χ3n) is 4.44. The number of benzene rings is 1. The van der Waals surface area contributed by atoms with Gasteiger partial charge in [-0.1, -0.05) is 38.0 Å². The largest absolute Gasteiger partial charge is 0.491 e. The number of nitrogens with one attached hydrogen (secondary N) is 1. The fraction of sp³-hybridized carbons (Fsp3) is 0.667. The Labute approximate surface area is 123 Å². The van der Waals surface area contributed by atoms with E-state index >= 15 is 0 Å². The van der Waals surface area contributed by atoms with Crippen LogP contribution in [0, 0.1) is 19.8 Å². The monoisotopic (exact) mass is 275 g/mol. The van der Waals surface area contributed by atoms with E-state index in [1.165, 1.54) is 43.2 Å². The van der Waals surface area contributed by atoms with Crippen molar-refractivity contribution in [3.8, 4) is 5.75 Å². The molecule has 0 aromatic heterocycles. The average Bonchev–Trinajstić information content (AvgIpc) is 2.95. The number of hydrogen-bond acceptors (Lipinski definition) is 2. The second-order valence-electron chi connectivity index (χ2n) is 6.14. The molecule has 0 spiro atoms.